The zero-order chi connectivity index (χ0) is 26.8. The van der Waals surface area contributed by atoms with Crippen molar-refractivity contribution < 1.29 is 27.1 Å². The van der Waals surface area contributed by atoms with Crippen molar-refractivity contribution in [2.24, 2.45) is 5.92 Å². The maximum Gasteiger partial charge on any atom is 0.416 e. The normalized spacial score (nSPS) is 23.8. The van der Waals surface area contributed by atoms with Gasteiger partial charge < -0.3 is 10.1 Å². The fourth-order valence-corrected chi connectivity index (χ4v) is 5.80. The van der Waals surface area contributed by atoms with Crippen molar-refractivity contribution in [1.82, 2.24) is 10.2 Å². The zero-order valence-corrected chi connectivity index (χ0v) is 21.8. The molecule has 2 aromatic carbocycles. The number of halogens is 5. The highest BCUT2D eigenvalue weighted by atomic mass is 35.5. The fraction of sp³-hybridized carbons (Fsp3) is 0.536. The van der Waals surface area contributed by atoms with Crippen molar-refractivity contribution in [2.75, 3.05) is 19.7 Å². The third kappa shape index (κ3) is 6.47. The summed E-state index contributed by atoms with van der Waals surface area (Å²) >= 11 is 5.88. The highest BCUT2D eigenvalue weighted by Gasteiger charge is 2.46. The number of carbonyl (C=O) groups is 1. The lowest BCUT2D eigenvalue weighted by Gasteiger charge is -2.46. The van der Waals surface area contributed by atoms with E-state index in [2.05, 4.69) is 10.2 Å². The summed E-state index contributed by atoms with van der Waals surface area (Å²) in [5.41, 5.74) is -0.431. The van der Waals surface area contributed by atoms with Gasteiger partial charge in [0.2, 0.25) is 0 Å². The molecule has 2 saturated heterocycles. The Balaban J connectivity index is 1.33. The van der Waals surface area contributed by atoms with Gasteiger partial charge in [-0.3, -0.25) is 9.69 Å². The molecule has 4 rings (SSSR count). The highest BCUT2D eigenvalue weighted by molar-refractivity contribution is 6.30. The standard InChI is InChI=1S/C28H33ClF4N2O2/c1-18(2)27(26(36)34-16-19-13-22(28(31,32)33)15-23(29)14-19)10-7-25(17-37-27)35-11-8-21(9-12-35)20-3-5-24(30)6-4-20/h3-6,13-15,18,21,25H,7-12,16-17H2,1-2H3,(H,34,36)/t25-,27+/m1/s1. The van der Waals surface area contributed by atoms with E-state index in [1.807, 2.05) is 26.0 Å². The molecule has 2 fully saturated rings. The molecule has 2 aliphatic heterocycles. The molecule has 2 atom stereocenters. The Morgan fingerprint density at radius 2 is 1.81 bits per heavy atom. The summed E-state index contributed by atoms with van der Waals surface area (Å²) in [6.07, 6.45) is -1.22. The average molecular weight is 541 g/mol. The first-order chi connectivity index (χ1) is 17.5. The minimum Gasteiger partial charge on any atom is -0.363 e. The first-order valence-electron chi connectivity index (χ1n) is 12.8. The van der Waals surface area contributed by atoms with E-state index in [0.29, 0.717) is 18.9 Å². The van der Waals surface area contributed by atoms with Gasteiger partial charge in [0.05, 0.1) is 12.2 Å². The number of ether oxygens (including phenoxy) is 1. The smallest absolute Gasteiger partial charge is 0.363 e. The van der Waals surface area contributed by atoms with E-state index in [1.54, 1.807) is 0 Å². The molecule has 202 valence electrons. The molecule has 2 aliphatic rings. The van der Waals surface area contributed by atoms with Gasteiger partial charge in [-0.2, -0.15) is 13.2 Å². The summed E-state index contributed by atoms with van der Waals surface area (Å²) in [4.78, 5) is 15.7. The number of carbonyl (C=O) groups excluding carboxylic acids is 1. The second-order valence-corrected chi connectivity index (χ2v) is 10.9. The van der Waals surface area contributed by atoms with E-state index in [9.17, 15) is 22.4 Å². The molecule has 1 N–H and O–H groups in total. The summed E-state index contributed by atoms with van der Waals surface area (Å²) in [6, 6.07) is 10.2. The molecule has 2 heterocycles. The number of benzene rings is 2. The predicted molar refractivity (Wildman–Crippen MR) is 135 cm³/mol. The molecule has 0 unspecified atom stereocenters. The minimum absolute atomic E-state index is 0.0300. The number of likely N-dealkylation sites (tertiary alicyclic amines) is 1. The molecule has 9 heteroatoms. The molecule has 1 amide bonds. The van der Waals surface area contributed by atoms with Crippen molar-refractivity contribution in [2.45, 2.75) is 69.8 Å². The average Bonchev–Trinajstić information content (AvgIpc) is 2.87. The number of amides is 1. The Kier molecular flexibility index (Phi) is 8.51. The summed E-state index contributed by atoms with van der Waals surface area (Å²) < 4.78 is 58.9. The van der Waals surface area contributed by atoms with Crippen LogP contribution >= 0.6 is 11.6 Å². The number of alkyl halides is 3. The molecule has 0 aromatic heterocycles. The second kappa shape index (κ2) is 11.3. The third-order valence-electron chi connectivity index (χ3n) is 7.82. The molecule has 0 aliphatic carbocycles. The summed E-state index contributed by atoms with van der Waals surface area (Å²) in [5, 5.41) is 2.76. The SMILES string of the molecule is CC(C)[C@]1(C(=O)NCc2cc(Cl)cc(C(F)(F)F)c2)CC[C@@H](N2CCC(c3ccc(F)cc3)CC2)CO1. The van der Waals surface area contributed by atoms with Crippen LogP contribution in [-0.2, 0) is 22.3 Å². The number of rotatable bonds is 6. The van der Waals surface area contributed by atoms with Gasteiger partial charge in [0.1, 0.15) is 11.4 Å². The number of hydrogen-bond donors (Lipinski definition) is 1. The maximum absolute atomic E-state index is 13.3. The van der Waals surface area contributed by atoms with Crippen molar-refractivity contribution in [3.63, 3.8) is 0 Å². The molecule has 0 bridgehead atoms. The molecular formula is C28H33ClF4N2O2. The van der Waals surface area contributed by atoms with Gasteiger partial charge in [-0.05, 0) is 92.1 Å². The molecule has 2 aromatic rings. The van der Waals surface area contributed by atoms with E-state index in [-0.39, 0.29) is 40.8 Å². The Hall–Kier alpha value is -2.16. The van der Waals surface area contributed by atoms with Gasteiger partial charge in [-0.1, -0.05) is 37.6 Å². The minimum atomic E-state index is -4.52. The predicted octanol–water partition coefficient (Wildman–Crippen LogP) is 6.57. The lowest BCUT2D eigenvalue weighted by molar-refractivity contribution is -0.170. The quantitative estimate of drug-likeness (QED) is 0.421. The van der Waals surface area contributed by atoms with Crippen LogP contribution in [0.4, 0.5) is 17.6 Å². The van der Waals surface area contributed by atoms with Crippen molar-refractivity contribution in [1.29, 1.82) is 0 Å². The summed E-state index contributed by atoms with van der Waals surface area (Å²) in [7, 11) is 0. The van der Waals surface area contributed by atoms with Crippen LogP contribution in [0.1, 0.15) is 62.1 Å². The van der Waals surface area contributed by atoms with Gasteiger partial charge in [0.25, 0.3) is 5.91 Å². The van der Waals surface area contributed by atoms with Crippen LogP contribution in [0.3, 0.4) is 0 Å². The topological polar surface area (TPSA) is 41.6 Å². The largest absolute Gasteiger partial charge is 0.416 e. The van der Waals surface area contributed by atoms with Crippen molar-refractivity contribution in [3.8, 4) is 0 Å². The number of nitrogens with zero attached hydrogens (tertiary/aromatic N) is 1. The summed E-state index contributed by atoms with van der Waals surface area (Å²) in [6.45, 7) is 6.02. The first kappa shape index (κ1) is 27.9. The van der Waals surface area contributed by atoms with Gasteiger partial charge in [0.15, 0.2) is 0 Å². The van der Waals surface area contributed by atoms with Gasteiger partial charge in [-0.25, -0.2) is 4.39 Å². The van der Waals surface area contributed by atoms with E-state index < -0.39 is 17.3 Å². The van der Waals surface area contributed by atoms with E-state index in [4.69, 9.17) is 16.3 Å². The first-order valence-corrected chi connectivity index (χ1v) is 13.1. The van der Waals surface area contributed by atoms with Crippen LogP contribution in [0.2, 0.25) is 5.02 Å². The van der Waals surface area contributed by atoms with Crippen LogP contribution in [0.15, 0.2) is 42.5 Å². The molecule has 0 spiro atoms. The Morgan fingerprint density at radius 3 is 2.38 bits per heavy atom. The van der Waals surface area contributed by atoms with Crippen LogP contribution < -0.4 is 5.32 Å². The Bertz CT molecular complexity index is 1070. The van der Waals surface area contributed by atoms with Gasteiger partial charge >= 0.3 is 6.18 Å². The fourth-order valence-electron chi connectivity index (χ4n) is 5.55. The van der Waals surface area contributed by atoms with Crippen LogP contribution in [0, 0.1) is 11.7 Å². The molecule has 0 radical (unpaired) electrons. The van der Waals surface area contributed by atoms with Crippen molar-refractivity contribution >= 4 is 17.5 Å². The number of hydrogen-bond acceptors (Lipinski definition) is 3. The third-order valence-corrected chi connectivity index (χ3v) is 8.04. The van der Waals surface area contributed by atoms with E-state index in [1.165, 1.54) is 23.8 Å². The molecule has 4 nitrogen and oxygen atoms in total. The lowest BCUT2D eigenvalue weighted by atomic mass is 9.80. The van der Waals surface area contributed by atoms with Gasteiger partial charge in [0, 0.05) is 17.6 Å². The maximum atomic E-state index is 13.3. The highest BCUT2D eigenvalue weighted by Crippen LogP contribution is 2.37. The number of nitrogens with one attached hydrogen (secondary N) is 1. The monoisotopic (exact) mass is 540 g/mol. The van der Waals surface area contributed by atoms with E-state index >= 15 is 0 Å². The van der Waals surface area contributed by atoms with Crippen LogP contribution in [0.25, 0.3) is 0 Å². The van der Waals surface area contributed by atoms with Gasteiger partial charge in [-0.15, -0.1) is 0 Å². The lowest BCUT2D eigenvalue weighted by Crippen LogP contribution is -2.58. The molecular weight excluding hydrogens is 508 g/mol. The van der Waals surface area contributed by atoms with Crippen LogP contribution in [0.5, 0.6) is 0 Å². The molecule has 0 saturated carbocycles. The summed E-state index contributed by atoms with van der Waals surface area (Å²) in [5.74, 6) is -0.240. The second-order valence-electron chi connectivity index (χ2n) is 10.4. The van der Waals surface area contributed by atoms with Crippen molar-refractivity contribution in [3.05, 3.63) is 70.0 Å². The van der Waals surface area contributed by atoms with Crippen LogP contribution in [-0.4, -0.2) is 42.1 Å². The zero-order valence-electron chi connectivity index (χ0n) is 21.1. The number of piperidine rings is 1. The Labute approximate surface area is 220 Å². The molecule has 37 heavy (non-hydrogen) atoms. The van der Waals surface area contributed by atoms with E-state index in [0.717, 1.165) is 44.5 Å². The Morgan fingerprint density at radius 1 is 1.14 bits per heavy atom.